The lowest BCUT2D eigenvalue weighted by molar-refractivity contribution is 0.628. The second-order valence-electron chi connectivity index (χ2n) is 3.24. The molecule has 74 valence electrons. The Kier molecular flexibility index (Phi) is 2.53. The summed E-state index contributed by atoms with van der Waals surface area (Å²) in [5.41, 5.74) is 1.92. The largest absolute Gasteiger partial charge is 0.207 e. The van der Waals surface area contributed by atoms with Crippen molar-refractivity contribution in [3.05, 3.63) is 46.6 Å². The predicted octanol–water partition coefficient (Wildman–Crippen LogP) is 3.73. The molecule has 1 nitrogen and oxygen atoms in total. The Hall–Kier alpha value is -1.66. The molecule has 2 rings (SSSR count). The molecule has 1 aromatic heterocycles. The third-order valence-electron chi connectivity index (χ3n) is 2.15. The molecule has 2 aromatic rings. The molecule has 0 bridgehead atoms. The molecular weight excluding hydrogens is 209 g/mol. The highest BCUT2D eigenvalue weighted by Crippen LogP contribution is 2.30. The lowest BCUT2D eigenvalue weighted by Crippen LogP contribution is -1.74. The molecule has 0 saturated carbocycles. The van der Waals surface area contributed by atoms with E-state index in [4.69, 9.17) is 5.26 Å². The van der Waals surface area contributed by atoms with E-state index < -0.39 is 0 Å². The van der Waals surface area contributed by atoms with Crippen molar-refractivity contribution in [3.63, 3.8) is 0 Å². The number of thiophene rings is 1. The van der Waals surface area contributed by atoms with Crippen molar-refractivity contribution >= 4 is 11.3 Å². The first-order valence-corrected chi connectivity index (χ1v) is 5.29. The molecule has 0 saturated heterocycles. The van der Waals surface area contributed by atoms with E-state index in [1.54, 1.807) is 12.1 Å². The number of nitriles is 1. The third-order valence-corrected chi connectivity index (χ3v) is 3.34. The van der Waals surface area contributed by atoms with Gasteiger partial charge < -0.3 is 0 Å². The molecule has 0 atom stereocenters. The van der Waals surface area contributed by atoms with Gasteiger partial charge >= 0.3 is 0 Å². The number of halogens is 1. The summed E-state index contributed by atoms with van der Waals surface area (Å²) in [7, 11) is 0. The Morgan fingerprint density at radius 3 is 2.47 bits per heavy atom. The monoisotopic (exact) mass is 217 g/mol. The number of hydrogen-bond acceptors (Lipinski definition) is 2. The number of nitrogens with zero attached hydrogens (tertiary/aromatic N) is 1. The van der Waals surface area contributed by atoms with Gasteiger partial charge in [-0.05, 0) is 36.2 Å². The van der Waals surface area contributed by atoms with Crippen molar-refractivity contribution in [2.75, 3.05) is 0 Å². The van der Waals surface area contributed by atoms with Crippen molar-refractivity contribution in [1.82, 2.24) is 0 Å². The van der Waals surface area contributed by atoms with Crippen molar-refractivity contribution in [3.8, 4) is 16.5 Å². The van der Waals surface area contributed by atoms with Crippen LogP contribution in [0.15, 0.2) is 30.3 Å². The maximum atomic E-state index is 12.7. The molecule has 3 heteroatoms. The van der Waals surface area contributed by atoms with E-state index in [1.807, 2.05) is 13.0 Å². The van der Waals surface area contributed by atoms with Crippen LogP contribution in [0.5, 0.6) is 0 Å². The first-order chi connectivity index (χ1) is 7.20. The van der Waals surface area contributed by atoms with Crippen LogP contribution in [0.25, 0.3) is 10.4 Å². The maximum Gasteiger partial charge on any atom is 0.123 e. The Balaban J connectivity index is 2.46. The third kappa shape index (κ3) is 1.90. The van der Waals surface area contributed by atoms with E-state index in [-0.39, 0.29) is 5.82 Å². The highest BCUT2D eigenvalue weighted by Gasteiger charge is 2.06. The van der Waals surface area contributed by atoms with Crippen LogP contribution < -0.4 is 0 Å². The normalized spacial score (nSPS) is 9.93. The van der Waals surface area contributed by atoms with Crippen molar-refractivity contribution in [1.29, 1.82) is 5.26 Å². The van der Waals surface area contributed by atoms with Crippen LogP contribution in [-0.2, 0) is 0 Å². The van der Waals surface area contributed by atoms with Crippen molar-refractivity contribution in [2.45, 2.75) is 6.92 Å². The molecule has 0 spiro atoms. The minimum Gasteiger partial charge on any atom is -0.207 e. The van der Waals surface area contributed by atoms with E-state index in [1.165, 1.54) is 23.5 Å². The minimum absolute atomic E-state index is 0.243. The molecule has 0 amide bonds. The van der Waals surface area contributed by atoms with E-state index in [9.17, 15) is 4.39 Å². The zero-order chi connectivity index (χ0) is 10.8. The van der Waals surface area contributed by atoms with Gasteiger partial charge in [-0.25, -0.2) is 4.39 Å². The van der Waals surface area contributed by atoms with E-state index in [2.05, 4.69) is 6.07 Å². The van der Waals surface area contributed by atoms with Gasteiger partial charge in [0.05, 0.1) is 0 Å². The highest BCUT2D eigenvalue weighted by atomic mass is 32.1. The van der Waals surface area contributed by atoms with Gasteiger partial charge in [0.1, 0.15) is 16.8 Å². The molecule has 0 aliphatic heterocycles. The van der Waals surface area contributed by atoms with Gasteiger partial charge in [-0.3, -0.25) is 0 Å². The van der Waals surface area contributed by atoms with Crippen LogP contribution in [0.3, 0.4) is 0 Å². The lowest BCUT2D eigenvalue weighted by Gasteiger charge is -1.95. The van der Waals surface area contributed by atoms with Gasteiger partial charge in [-0.2, -0.15) is 5.26 Å². The smallest absolute Gasteiger partial charge is 0.123 e. The molecule has 0 aliphatic carbocycles. The molecule has 0 fully saturated rings. The van der Waals surface area contributed by atoms with E-state index in [0.29, 0.717) is 4.88 Å². The summed E-state index contributed by atoms with van der Waals surface area (Å²) >= 11 is 1.43. The molecule has 0 radical (unpaired) electrons. The van der Waals surface area contributed by atoms with Crippen molar-refractivity contribution < 1.29 is 4.39 Å². The average molecular weight is 217 g/mol. The topological polar surface area (TPSA) is 23.8 Å². The SMILES string of the molecule is Cc1cc(-c2ccc(F)cc2)sc1C#N. The zero-order valence-corrected chi connectivity index (χ0v) is 8.94. The summed E-state index contributed by atoms with van der Waals surface area (Å²) in [5.74, 6) is -0.243. The number of benzene rings is 1. The zero-order valence-electron chi connectivity index (χ0n) is 8.12. The molecule has 1 heterocycles. The lowest BCUT2D eigenvalue weighted by atomic mass is 10.1. The quantitative estimate of drug-likeness (QED) is 0.714. The first kappa shape index (κ1) is 9.88. The molecule has 0 unspecified atom stereocenters. The van der Waals surface area contributed by atoms with Crippen molar-refractivity contribution in [2.24, 2.45) is 0 Å². The molecule has 0 aliphatic rings. The van der Waals surface area contributed by atoms with Gasteiger partial charge in [0.25, 0.3) is 0 Å². The molecular formula is C12H8FNS. The summed E-state index contributed by atoms with van der Waals surface area (Å²) in [4.78, 5) is 1.72. The number of aryl methyl sites for hydroxylation is 1. The maximum absolute atomic E-state index is 12.7. The summed E-state index contributed by atoms with van der Waals surface area (Å²) in [6, 6.07) is 10.4. The summed E-state index contributed by atoms with van der Waals surface area (Å²) in [6.07, 6.45) is 0. The van der Waals surface area contributed by atoms with Gasteiger partial charge in [-0.1, -0.05) is 12.1 Å². The van der Waals surface area contributed by atoms with Crippen LogP contribution in [0.2, 0.25) is 0 Å². The number of hydrogen-bond donors (Lipinski definition) is 0. The fourth-order valence-corrected chi connectivity index (χ4v) is 2.32. The second-order valence-corrected chi connectivity index (χ2v) is 4.29. The fourth-order valence-electron chi connectivity index (χ4n) is 1.35. The molecule has 1 aromatic carbocycles. The van der Waals surface area contributed by atoms with Crippen LogP contribution in [0.4, 0.5) is 4.39 Å². The van der Waals surface area contributed by atoms with Gasteiger partial charge in [0, 0.05) is 4.88 Å². The van der Waals surface area contributed by atoms with Crippen LogP contribution >= 0.6 is 11.3 Å². The molecule has 0 N–H and O–H groups in total. The molecule has 15 heavy (non-hydrogen) atoms. The summed E-state index contributed by atoms with van der Waals surface area (Å²) < 4.78 is 12.7. The standard InChI is InChI=1S/C12H8FNS/c1-8-6-11(15-12(8)7-14)9-2-4-10(13)5-3-9/h2-6H,1H3. The Morgan fingerprint density at radius 2 is 1.93 bits per heavy atom. The van der Waals surface area contributed by atoms with E-state index >= 15 is 0 Å². The van der Waals surface area contributed by atoms with Gasteiger partial charge in [-0.15, -0.1) is 11.3 Å². The average Bonchev–Trinajstić information content (AvgIpc) is 2.61. The van der Waals surface area contributed by atoms with Crippen LogP contribution in [0.1, 0.15) is 10.4 Å². The van der Waals surface area contributed by atoms with Crippen LogP contribution in [-0.4, -0.2) is 0 Å². The first-order valence-electron chi connectivity index (χ1n) is 4.47. The Labute approximate surface area is 91.4 Å². The summed E-state index contributed by atoms with van der Waals surface area (Å²) in [5, 5.41) is 8.82. The predicted molar refractivity (Wildman–Crippen MR) is 59.2 cm³/mol. The van der Waals surface area contributed by atoms with Gasteiger partial charge in [0.2, 0.25) is 0 Å². The minimum atomic E-state index is -0.243. The van der Waals surface area contributed by atoms with E-state index in [0.717, 1.165) is 16.0 Å². The van der Waals surface area contributed by atoms with Gasteiger partial charge in [0.15, 0.2) is 0 Å². The highest BCUT2D eigenvalue weighted by molar-refractivity contribution is 7.16. The Bertz CT molecular complexity index is 520. The van der Waals surface area contributed by atoms with Crippen LogP contribution in [0, 0.1) is 24.1 Å². The number of rotatable bonds is 1. The summed E-state index contributed by atoms with van der Waals surface area (Å²) in [6.45, 7) is 1.90. The Morgan fingerprint density at radius 1 is 1.27 bits per heavy atom. The second kappa shape index (κ2) is 3.84. The fraction of sp³-hybridized carbons (Fsp3) is 0.0833.